The summed E-state index contributed by atoms with van der Waals surface area (Å²) in [7, 11) is 1.59. The molecule has 1 heterocycles. The second-order valence-corrected chi connectivity index (χ2v) is 5.44. The zero-order valence-corrected chi connectivity index (χ0v) is 11.3. The predicted octanol–water partition coefficient (Wildman–Crippen LogP) is 3.29. The summed E-state index contributed by atoms with van der Waals surface area (Å²) in [5.74, 6) is 0.393. The second-order valence-electron chi connectivity index (χ2n) is 4.12. The molecule has 2 aromatic rings. The van der Waals surface area contributed by atoms with Crippen LogP contribution in [-0.2, 0) is 0 Å². The molecule has 2 N–H and O–H groups in total. The SMILES string of the molecule is COc1ccc(F)cc1C(CN)c1ccc(C)s1. The maximum atomic E-state index is 13.4. The lowest BCUT2D eigenvalue weighted by atomic mass is 9.96. The maximum Gasteiger partial charge on any atom is 0.123 e. The van der Waals surface area contributed by atoms with Crippen LogP contribution < -0.4 is 10.5 Å². The van der Waals surface area contributed by atoms with E-state index in [1.54, 1.807) is 24.5 Å². The fourth-order valence-corrected chi connectivity index (χ4v) is 3.02. The summed E-state index contributed by atoms with van der Waals surface area (Å²) in [5, 5.41) is 0. The van der Waals surface area contributed by atoms with Gasteiger partial charge in [-0.15, -0.1) is 11.3 Å². The van der Waals surface area contributed by atoms with E-state index in [9.17, 15) is 4.39 Å². The van der Waals surface area contributed by atoms with E-state index in [2.05, 4.69) is 6.07 Å². The van der Waals surface area contributed by atoms with E-state index < -0.39 is 0 Å². The van der Waals surface area contributed by atoms with Crippen LogP contribution in [0.3, 0.4) is 0 Å². The van der Waals surface area contributed by atoms with Gasteiger partial charge < -0.3 is 10.5 Å². The number of methoxy groups -OCH3 is 1. The van der Waals surface area contributed by atoms with Gasteiger partial charge in [-0.2, -0.15) is 0 Å². The molecule has 2 nitrogen and oxygen atoms in total. The lowest BCUT2D eigenvalue weighted by molar-refractivity contribution is 0.406. The van der Waals surface area contributed by atoms with Gasteiger partial charge in [0, 0.05) is 27.8 Å². The molecule has 4 heteroatoms. The van der Waals surface area contributed by atoms with Crippen LogP contribution in [0.15, 0.2) is 30.3 Å². The van der Waals surface area contributed by atoms with E-state index >= 15 is 0 Å². The normalized spacial score (nSPS) is 12.4. The molecule has 0 radical (unpaired) electrons. The van der Waals surface area contributed by atoms with Gasteiger partial charge in [-0.05, 0) is 37.3 Å². The van der Waals surface area contributed by atoms with E-state index in [0.717, 1.165) is 10.4 Å². The lowest BCUT2D eigenvalue weighted by Gasteiger charge is -2.17. The van der Waals surface area contributed by atoms with Gasteiger partial charge in [0.25, 0.3) is 0 Å². The first-order valence-corrected chi connectivity index (χ1v) is 6.57. The minimum Gasteiger partial charge on any atom is -0.496 e. The first kappa shape index (κ1) is 13.1. The van der Waals surface area contributed by atoms with Gasteiger partial charge in [0.1, 0.15) is 11.6 Å². The van der Waals surface area contributed by atoms with Gasteiger partial charge in [0.2, 0.25) is 0 Å². The molecule has 1 atom stereocenters. The highest BCUT2D eigenvalue weighted by molar-refractivity contribution is 7.12. The van der Waals surface area contributed by atoms with Crippen molar-refractivity contribution in [2.75, 3.05) is 13.7 Å². The topological polar surface area (TPSA) is 35.2 Å². The van der Waals surface area contributed by atoms with Gasteiger partial charge in [0.15, 0.2) is 0 Å². The zero-order valence-electron chi connectivity index (χ0n) is 10.4. The summed E-state index contributed by atoms with van der Waals surface area (Å²) in [4.78, 5) is 2.36. The summed E-state index contributed by atoms with van der Waals surface area (Å²) in [6.45, 7) is 2.48. The largest absolute Gasteiger partial charge is 0.496 e. The van der Waals surface area contributed by atoms with Gasteiger partial charge in [-0.1, -0.05) is 0 Å². The lowest BCUT2D eigenvalue weighted by Crippen LogP contribution is -2.14. The van der Waals surface area contributed by atoms with Gasteiger partial charge in [-0.25, -0.2) is 4.39 Å². The Hall–Kier alpha value is -1.39. The number of hydrogen-bond acceptors (Lipinski definition) is 3. The highest BCUT2D eigenvalue weighted by Crippen LogP contribution is 2.35. The molecule has 0 aliphatic heterocycles. The molecule has 96 valence electrons. The van der Waals surface area contributed by atoms with Crippen molar-refractivity contribution in [1.82, 2.24) is 0 Å². The Labute approximate surface area is 110 Å². The molecule has 0 bridgehead atoms. The molecular formula is C14H16FNOS. The number of ether oxygens (including phenoxy) is 1. The van der Waals surface area contributed by atoms with Crippen molar-refractivity contribution in [3.63, 3.8) is 0 Å². The van der Waals surface area contributed by atoms with Crippen molar-refractivity contribution in [3.8, 4) is 5.75 Å². The average molecular weight is 265 g/mol. The molecule has 2 rings (SSSR count). The van der Waals surface area contributed by atoms with Crippen molar-refractivity contribution in [2.45, 2.75) is 12.8 Å². The summed E-state index contributed by atoms with van der Waals surface area (Å²) >= 11 is 1.68. The maximum absolute atomic E-state index is 13.4. The number of halogens is 1. The third-order valence-electron chi connectivity index (χ3n) is 2.91. The monoisotopic (exact) mass is 265 g/mol. The van der Waals surface area contributed by atoms with Crippen LogP contribution in [0.1, 0.15) is 21.2 Å². The van der Waals surface area contributed by atoms with Crippen molar-refractivity contribution < 1.29 is 9.13 Å². The molecule has 0 saturated carbocycles. The number of rotatable bonds is 4. The number of benzene rings is 1. The fraction of sp³-hybridized carbons (Fsp3) is 0.286. The van der Waals surface area contributed by atoms with Crippen LogP contribution in [0.5, 0.6) is 5.75 Å². The smallest absolute Gasteiger partial charge is 0.123 e. The molecule has 0 aliphatic rings. The number of thiophene rings is 1. The molecule has 0 saturated heterocycles. The Morgan fingerprint density at radius 2 is 2.11 bits per heavy atom. The Morgan fingerprint density at radius 1 is 1.33 bits per heavy atom. The molecule has 1 aromatic heterocycles. The van der Waals surface area contributed by atoms with Crippen molar-refractivity contribution in [1.29, 1.82) is 0 Å². The molecule has 18 heavy (non-hydrogen) atoms. The summed E-state index contributed by atoms with van der Waals surface area (Å²) in [5.41, 5.74) is 6.66. The van der Waals surface area contributed by atoms with E-state index in [4.69, 9.17) is 10.5 Å². The van der Waals surface area contributed by atoms with Crippen molar-refractivity contribution in [3.05, 3.63) is 51.5 Å². The van der Waals surface area contributed by atoms with E-state index in [1.165, 1.54) is 17.0 Å². The van der Waals surface area contributed by atoms with Crippen molar-refractivity contribution >= 4 is 11.3 Å². The van der Waals surface area contributed by atoms with Crippen LogP contribution in [-0.4, -0.2) is 13.7 Å². The Kier molecular flexibility index (Phi) is 3.99. The van der Waals surface area contributed by atoms with E-state index in [1.807, 2.05) is 13.0 Å². The fourth-order valence-electron chi connectivity index (χ4n) is 2.01. The standard InChI is InChI=1S/C14H16FNOS/c1-9-3-6-14(18-9)12(8-16)11-7-10(15)4-5-13(11)17-2/h3-7,12H,8,16H2,1-2H3. The first-order valence-electron chi connectivity index (χ1n) is 5.75. The highest BCUT2D eigenvalue weighted by atomic mass is 32.1. The first-order chi connectivity index (χ1) is 8.65. The molecule has 0 aliphatic carbocycles. The number of nitrogens with two attached hydrogens (primary N) is 1. The van der Waals surface area contributed by atoms with Crippen LogP contribution in [0, 0.1) is 12.7 Å². The minimum absolute atomic E-state index is 0.0191. The van der Waals surface area contributed by atoms with Crippen LogP contribution in [0.2, 0.25) is 0 Å². The predicted molar refractivity (Wildman–Crippen MR) is 72.9 cm³/mol. The molecule has 0 fully saturated rings. The Bertz CT molecular complexity index is 538. The summed E-state index contributed by atoms with van der Waals surface area (Å²) < 4.78 is 18.7. The highest BCUT2D eigenvalue weighted by Gasteiger charge is 2.19. The van der Waals surface area contributed by atoms with Crippen LogP contribution in [0.25, 0.3) is 0 Å². The Balaban J connectivity index is 2.47. The molecule has 1 unspecified atom stereocenters. The minimum atomic E-state index is -0.266. The second kappa shape index (κ2) is 5.50. The molecule has 0 amide bonds. The van der Waals surface area contributed by atoms with Gasteiger partial charge in [-0.3, -0.25) is 0 Å². The number of aryl methyl sites for hydroxylation is 1. The number of hydrogen-bond donors (Lipinski definition) is 1. The zero-order chi connectivity index (χ0) is 13.1. The molecule has 1 aromatic carbocycles. The quantitative estimate of drug-likeness (QED) is 0.920. The third-order valence-corrected chi connectivity index (χ3v) is 4.02. The van der Waals surface area contributed by atoms with Crippen LogP contribution >= 0.6 is 11.3 Å². The van der Waals surface area contributed by atoms with Gasteiger partial charge >= 0.3 is 0 Å². The van der Waals surface area contributed by atoms with E-state index in [-0.39, 0.29) is 11.7 Å². The molecular weight excluding hydrogens is 249 g/mol. The summed E-state index contributed by atoms with van der Waals surface area (Å²) in [6, 6.07) is 8.64. The Morgan fingerprint density at radius 3 is 2.67 bits per heavy atom. The summed E-state index contributed by atoms with van der Waals surface area (Å²) in [6.07, 6.45) is 0. The third kappa shape index (κ3) is 2.54. The molecule has 0 spiro atoms. The van der Waals surface area contributed by atoms with Crippen LogP contribution in [0.4, 0.5) is 4.39 Å². The van der Waals surface area contributed by atoms with Gasteiger partial charge in [0.05, 0.1) is 7.11 Å². The average Bonchev–Trinajstić information content (AvgIpc) is 2.77. The van der Waals surface area contributed by atoms with E-state index in [0.29, 0.717) is 12.3 Å². The van der Waals surface area contributed by atoms with Crippen molar-refractivity contribution in [2.24, 2.45) is 5.73 Å².